The first-order chi connectivity index (χ1) is 8.99. The molecule has 1 aromatic rings. The fourth-order valence-corrected chi connectivity index (χ4v) is 2.56. The van der Waals surface area contributed by atoms with Gasteiger partial charge in [-0.05, 0) is 42.3 Å². The summed E-state index contributed by atoms with van der Waals surface area (Å²) in [4.78, 5) is 12.2. The van der Waals surface area contributed by atoms with Gasteiger partial charge < -0.3 is 4.74 Å². The first-order valence-electron chi connectivity index (χ1n) is 5.92. The number of ketones is 1. The monoisotopic (exact) mass is 281 g/mol. The topological polar surface area (TPSA) is 50.1 Å². The number of nitrogens with zero attached hydrogens (tertiary/aromatic N) is 1. The summed E-state index contributed by atoms with van der Waals surface area (Å²) in [7, 11) is 1.37. The number of thiocyanates is 1. The predicted molar refractivity (Wildman–Crippen MR) is 73.7 cm³/mol. The minimum Gasteiger partial charge on any atom is -0.494 e. The van der Waals surface area contributed by atoms with Gasteiger partial charge in [0.25, 0.3) is 0 Å². The van der Waals surface area contributed by atoms with Crippen molar-refractivity contribution in [2.75, 3.05) is 7.11 Å². The molecule has 0 N–H and O–H groups in total. The van der Waals surface area contributed by atoms with Crippen molar-refractivity contribution in [2.45, 2.75) is 25.5 Å². The molecule has 1 aromatic carbocycles. The van der Waals surface area contributed by atoms with E-state index in [1.807, 2.05) is 19.2 Å². The van der Waals surface area contributed by atoms with E-state index in [-0.39, 0.29) is 23.0 Å². The van der Waals surface area contributed by atoms with Gasteiger partial charge >= 0.3 is 0 Å². The number of carbonyl (C=O) groups is 1. The zero-order chi connectivity index (χ0) is 14.4. The maximum absolute atomic E-state index is 13.6. The molecule has 0 aliphatic carbocycles. The number of benzene rings is 1. The van der Waals surface area contributed by atoms with Gasteiger partial charge in [0.05, 0.1) is 12.4 Å². The van der Waals surface area contributed by atoms with Crippen molar-refractivity contribution in [3.05, 3.63) is 29.6 Å². The number of halogens is 1. The molecule has 0 spiro atoms. The van der Waals surface area contributed by atoms with Gasteiger partial charge in [-0.1, -0.05) is 13.8 Å². The quantitative estimate of drug-likeness (QED) is 0.590. The lowest BCUT2D eigenvalue weighted by Crippen LogP contribution is -2.19. The maximum Gasteiger partial charge on any atom is 0.176 e. The van der Waals surface area contributed by atoms with Crippen LogP contribution in [0.1, 0.15) is 30.6 Å². The normalized spacial score (nSPS) is 12.0. The lowest BCUT2D eigenvalue weighted by atomic mass is 10.0. The van der Waals surface area contributed by atoms with E-state index in [1.54, 1.807) is 0 Å². The summed E-state index contributed by atoms with van der Waals surface area (Å²) in [6.45, 7) is 3.96. The van der Waals surface area contributed by atoms with Crippen LogP contribution >= 0.6 is 11.8 Å². The van der Waals surface area contributed by atoms with Crippen molar-refractivity contribution in [1.82, 2.24) is 0 Å². The molecule has 3 nitrogen and oxygen atoms in total. The second-order valence-corrected chi connectivity index (χ2v) is 5.53. The Morgan fingerprint density at radius 3 is 2.68 bits per heavy atom. The van der Waals surface area contributed by atoms with Crippen LogP contribution in [0, 0.1) is 22.4 Å². The summed E-state index contributed by atoms with van der Waals surface area (Å²) in [5.74, 6) is -0.400. The van der Waals surface area contributed by atoms with Crippen LogP contribution in [-0.4, -0.2) is 18.1 Å². The van der Waals surface area contributed by atoms with Gasteiger partial charge in [0.1, 0.15) is 5.40 Å². The highest BCUT2D eigenvalue weighted by Crippen LogP contribution is 2.25. The predicted octanol–water partition coefficient (Wildman–Crippen LogP) is 3.65. The minimum absolute atomic E-state index is 0.102. The SMILES string of the molecule is COc1ccc(C(=O)C(CC(C)C)SC#N)cc1F. The van der Waals surface area contributed by atoms with Gasteiger partial charge in [-0.25, -0.2) is 4.39 Å². The number of Topliss-reactive ketones (excluding diaryl/α,β-unsaturated/α-hetero) is 1. The van der Waals surface area contributed by atoms with E-state index >= 15 is 0 Å². The van der Waals surface area contributed by atoms with Crippen LogP contribution in [0.15, 0.2) is 18.2 Å². The second-order valence-electron chi connectivity index (χ2n) is 4.54. The molecule has 0 saturated heterocycles. The Morgan fingerprint density at radius 2 is 2.21 bits per heavy atom. The van der Waals surface area contributed by atoms with Gasteiger partial charge in [0.2, 0.25) is 0 Å². The molecule has 0 amide bonds. The van der Waals surface area contributed by atoms with Crippen LogP contribution in [0.25, 0.3) is 0 Å². The maximum atomic E-state index is 13.6. The van der Waals surface area contributed by atoms with E-state index in [0.717, 1.165) is 17.8 Å². The molecule has 0 aromatic heterocycles. The average Bonchev–Trinajstić information content (AvgIpc) is 2.36. The third kappa shape index (κ3) is 4.25. The Bertz CT molecular complexity index is 497. The minimum atomic E-state index is -0.571. The van der Waals surface area contributed by atoms with Crippen molar-refractivity contribution in [2.24, 2.45) is 5.92 Å². The molecule has 0 aliphatic rings. The molecule has 0 heterocycles. The van der Waals surface area contributed by atoms with Crippen molar-refractivity contribution >= 4 is 17.5 Å². The molecule has 102 valence electrons. The first-order valence-corrected chi connectivity index (χ1v) is 6.80. The molecule has 5 heteroatoms. The van der Waals surface area contributed by atoms with Crippen molar-refractivity contribution in [3.63, 3.8) is 0 Å². The summed E-state index contributed by atoms with van der Waals surface area (Å²) in [6.07, 6.45) is 0.588. The molecule has 1 atom stereocenters. The van der Waals surface area contributed by atoms with Crippen molar-refractivity contribution in [1.29, 1.82) is 5.26 Å². The molecule has 0 aliphatic heterocycles. The number of methoxy groups -OCH3 is 1. The van der Waals surface area contributed by atoms with Gasteiger partial charge in [-0.2, -0.15) is 5.26 Å². The molecule has 0 radical (unpaired) electrons. The van der Waals surface area contributed by atoms with Crippen LogP contribution in [0.2, 0.25) is 0 Å². The van der Waals surface area contributed by atoms with Crippen LogP contribution in [-0.2, 0) is 0 Å². The summed E-state index contributed by atoms with van der Waals surface area (Å²) in [5.41, 5.74) is 0.270. The number of hydrogen-bond donors (Lipinski definition) is 0. The lowest BCUT2D eigenvalue weighted by molar-refractivity contribution is 0.0982. The van der Waals surface area contributed by atoms with Crippen LogP contribution in [0.5, 0.6) is 5.75 Å². The van der Waals surface area contributed by atoms with Gasteiger partial charge in [-0.15, -0.1) is 0 Å². The summed E-state index contributed by atoms with van der Waals surface area (Å²) in [5, 5.41) is 10.2. The Morgan fingerprint density at radius 1 is 1.53 bits per heavy atom. The third-order valence-corrected chi connectivity index (χ3v) is 3.41. The Balaban J connectivity index is 2.96. The molecule has 1 rings (SSSR count). The fourth-order valence-electron chi connectivity index (χ4n) is 1.71. The molecule has 1 unspecified atom stereocenters. The van der Waals surface area contributed by atoms with Crippen LogP contribution in [0.4, 0.5) is 4.39 Å². The van der Waals surface area contributed by atoms with E-state index in [9.17, 15) is 9.18 Å². The van der Waals surface area contributed by atoms with Crippen molar-refractivity contribution in [3.8, 4) is 11.2 Å². The highest BCUT2D eigenvalue weighted by molar-refractivity contribution is 8.05. The van der Waals surface area contributed by atoms with Gasteiger partial charge in [-0.3, -0.25) is 4.79 Å². The molecule has 19 heavy (non-hydrogen) atoms. The fraction of sp³-hybridized carbons (Fsp3) is 0.429. The first kappa shape index (κ1) is 15.5. The Hall–Kier alpha value is -1.54. The summed E-state index contributed by atoms with van der Waals surface area (Å²) in [6, 6.07) is 4.11. The standard InChI is InChI=1S/C14H16FNO2S/c1-9(2)6-13(19-8-16)14(17)10-4-5-12(18-3)11(15)7-10/h4-5,7,9,13H,6H2,1-3H3. The molecular formula is C14H16FNO2S. The van der Waals surface area contributed by atoms with E-state index < -0.39 is 11.1 Å². The van der Waals surface area contributed by atoms with E-state index in [2.05, 4.69) is 0 Å². The molecule has 0 bridgehead atoms. The van der Waals surface area contributed by atoms with Gasteiger partial charge in [0, 0.05) is 5.56 Å². The Labute approximate surface area is 116 Å². The van der Waals surface area contributed by atoms with Crippen molar-refractivity contribution < 1.29 is 13.9 Å². The Kier molecular flexibility index (Phi) is 5.84. The number of thioether (sulfide) groups is 1. The molecule has 0 saturated carbocycles. The zero-order valence-corrected chi connectivity index (χ0v) is 12.0. The number of carbonyl (C=O) groups excluding carboxylic acids is 1. The smallest absolute Gasteiger partial charge is 0.176 e. The zero-order valence-electron chi connectivity index (χ0n) is 11.1. The highest BCUT2D eigenvalue weighted by Gasteiger charge is 2.23. The highest BCUT2D eigenvalue weighted by atomic mass is 32.2. The second kappa shape index (κ2) is 7.15. The number of rotatable bonds is 6. The number of ether oxygens (including phenoxy) is 1. The van der Waals surface area contributed by atoms with E-state index in [1.165, 1.54) is 19.2 Å². The summed E-state index contributed by atoms with van der Waals surface area (Å²) < 4.78 is 18.4. The average molecular weight is 281 g/mol. The van der Waals surface area contributed by atoms with Crippen LogP contribution in [0.3, 0.4) is 0 Å². The molecular weight excluding hydrogens is 265 g/mol. The number of hydrogen-bond acceptors (Lipinski definition) is 4. The van der Waals surface area contributed by atoms with E-state index in [0.29, 0.717) is 6.42 Å². The molecule has 0 fully saturated rings. The number of nitriles is 1. The summed E-state index contributed by atoms with van der Waals surface area (Å²) >= 11 is 0.926. The van der Waals surface area contributed by atoms with Gasteiger partial charge in [0.15, 0.2) is 17.3 Å². The van der Waals surface area contributed by atoms with E-state index in [4.69, 9.17) is 10.00 Å². The lowest BCUT2D eigenvalue weighted by Gasteiger charge is -2.14. The third-order valence-electron chi connectivity index (χ3n) is 2.61. The van der Waals surface area contributed by atoms with Crippen LogP contribution < -0.4 is 4.74 Å². The largest absolute Gasteiger partial charge is 0.494 e.